The van der Waals surface area contributed by atoms with Gasteiger partial charge in [-0.1, -0.05) is 31.2 Å². The number of amides is 1. The minimum Gasteiger partial charge on any atom is -0.494 e. The highest BCUT2D eigenvalue weighted by molar-refractivity contribution is 7.92. The van der Waals surface area contributed by atoms with Crippen LogP contribution in [0.1, 0.15) is 43.0 Å². The van der Waals surface area contributed by atoms with Crippen LogP contribution in [0.3, 0.4) is 0 Å². The summed E-state index contributed by atoms with van der Waals surface area (Å²) in [6.45, 7) is 4.02. The molecule has 238 valence electrons. The van der Waals surface area contributed by atoms with Gasteiger partial charge >= 0.3 is 0 Å². The predicted molar refractivity (Wildman–Crippen MR) is 182 cm³/mol. The number of nitrogens with one attached hydrogen (secondary N) is 1. The van der Waals surface area contributed by atoms with Crippen LogP contribution < -0.4 is 9.46 Å². The Balaban J connectivity index is 1.20. The highest BCUT2D eigenvalue weighted by atomic mass is 32.2. The fourth-order valence-corrected chi connectivity index (χ4v) is 8.41. The van der Waals surface area contributed by atoms with Gasteiger partial charge in [0.15, 0.2) is 5.82 Å². The van der Waals surface area contributed by atoms with Gasteiger partial charge < -0.3 is 18.8 Å². The van der Waals surface area contributed by atoms with Crippen molar-refractivity contribution in [2.75, 3.05) is 24.6 Å². The van der Waals surface area contributed by atoms with Crippen LogP contribution in [0.15, 0.2) is 60.7 Å². The molecule has 2 unspecified atom stereocenters. The van der Waals surface area contributed by atoms with Gasteiger partial charge in [0.05, 0.1) is 24.6 Å². The van der Waals surface area contributed by atoms with Crippen LogP contribution in [0.2, 0.25) is 0 Å². The number of fused-ring (bicyclic) bond motifs is 4. The number of carbonyl (C=O) groups is 1. The number of imidazole rings is 1. The Kier molecular flexibility index (Phi) is 6.72. The summed E-state index contributed by atoms with van der Waals surface area (Å²) < 4.78 is 36.2. The summed E-state index contributed by atoms with van der Waals surface area (Å²) in [5.41, 5.74) is 7.02. The number of ether oxygens (including phenoxy) is 1. The molecule has 2 saturated carbocycles. The predicted octanol–water partition coefficient (Wildman–Crippen LogP) is 6.52. The maximum absolute atomic E-state index is 13.8. The van der Waals surface area contributed by atoms with Gasteiger partial charge in [0.2, 0.25) is 10.0 Å². The average Bonchev–Trinajstić information content (AvgIpc) is 3.44. The van der Waals surface area contributed by atoms with Gasteiger partial charge in [-0.05, 0) is 91.0 Å². The van der Waals surface area contributed by atoms with E-state index in [4.69, 9.17) is 9.72 Å². The third-order valence-electron chi connectivity index (χ3n) is 10.5. The summed E-state index contributed by atoms with van der Waals surface area (Å²) in [5, 5.41) is 1.13. The zero-order valence-corrected chi connectivity index (χ0v) is 27.5. The van der Waals surface area contributed by atoms with E-state index in [1.807, 2.05) is 31.3 Å². The molecule has 3 aliphatic rings. The minimum absolute atomic E-state index is 0.0713. The molecule has 2 aromatic heterocycles. The van der Waals surface area contributed by atoms with Crippen molar-refractivity contribution < 1.29 is 17.9 Å². The molecule has 1 saturated heterocycles. The first-order chi connectivity index (χ1) is 22.1. The van der Waals surface area contributed by atoms with Crippen LogP contribution in [0, 0.1) is 17.8 Å². The standard InChI is InChI=1S/C36H39N5O4S/c1-21-26-11-14-30(21)41(20-26)36(42)27-15-29-34(33(18-27)45-3)39(2)35(37-29)32-17-25-8-7-24(16-31(25)40(32)19-22-5-6-22)23-9-12-28(13-10-23)38-46(4,43)44/h7-10,12-13,15-18,21-22,26,30,38H,5-6,11,14,19-20H2,1-4H3/t21-,26?,30?/m1/s1. The van der Waals surface area contributed by atoms with Gasteiger partial charge in [0, 0.05) is 48.3 Å². The second-order valence-electron chi connectivity index (χ2n) is 13.6. The number of carbonyl (C=O) groups excluding carboxylic acids is 1. The number of sulfonamides is 1. The number of nitrogens with zero attached hydrogens (tertiary/aromatic N) is 4. The molecule has 10 heteroatoms. The molecule has 2 aliphatic carbocycles. The second kappa shape index (κ2) is 10.6. The summed E-state index contributed by atoms with van der Waals surface area (Å²) in [7, 11) is 0.339. The van der Waals surface area contributed by atoms with Crippen LogP contribution in [0.5, 0.6) is 5.75 Å². The van der Waals surface area contributed by atoms with Gasteiger partial charge in [-0.15, -0.1) is 0 Å². The zero-order valence-electron chi connectivity index (χ0n) is 26.7. The fourth-order valence-electron chi connectivity index (χ4n) is 7.85. The summed E-state index contributed by atoms with van der Waals surface area (Å²) in [4.78, 5) is 21.0. The molecular weight excluding hydrogens is 598 g/mol. The normalized spacial score (nSPS) is 21.0. The number of hydrogen-bond donors (Lipinski definition) is 1. The number of piperidine rings is 1. The van der Waals surface area contributed by atoms with Crippen molar-refractivity contribution in [1.82, 2.24) is 19.0 Å². The Morgan fingerprint density at radius 2 is 1.76 bits per heavy atom. The Bertz CT molecular complexity index is 2130. The smallest absolute Gasteiger partial charge is 0.254 e. The molecule has 9 nitrogen and oxygen atoms in total. The number of rotatable bonds is 8. The van der Waals surface area contributed by atoms with E-state index in [1.54, 1.807) is 19.2 Å². The van der Waals surface area contributed by atoms with E-state index in [2.05, 4.69) is 49.9 Å². The van der Waals surface area contributed by atoms with E-state index in [1.165, 1.54) is 19.3 Å². The molecule has 1 N–H and O–H groups in total. The third-order valence-corrected chi connectivity index (χ3v) is 11.1. The Morgan fingerprint density at radius 1 is 1.00 bits per heavy atom. The molecule has 2 bridgehead atoms. The number of benzene rings is 3. The van der Waals surface area contributed by atoms with E-state index in [0.29, 0.717) is 40.8 Å². The molecule has 0 radical (unpaired) electrons. The van der Waals surface area contributed by atoms with Crippen LogP contribution in [-0.4, -0.2) is 59.3 Å². The molecule has 0 spiro atoms. The summed E-state index contributed by atoms with van der Waals surface area (Å²) >= 11 is 0. The maximum Gasteiger partial charge on any atom is 0.254 e. The molecule has 3 heterocycles. The number of methoxy groups -OCH3 is 1. The van der Waals surface area contributed by atoms with Crippen LogP contribution in [0.25, 0.3) is 44.6 Å². The largest absolute Gasteiger partial charge is 0.494 e. The van der Waals surface area contributed by atoms with Gasteiger partial charge in [-0.2, -0.15) is 0 Å². The fraction of sp³-hybridized carbons (Fsp3) is 0.389. The van der Waals surface area contributed by atoms with E-state index in [0.717, 1.165) is 70.3 Å². The molecule has 5 aromatic rings. The van der Waals surface area contributed by atoms with Crippen molar-refractivity contribution in [2.45, 2.75) is 45.2 Å². The topological polar surface area (TPSA) is 98.5 Å². The van der Waals surface area contributed by atoms with Crippen molar-refractivity contribution in [3.05, 3.63) is 66.2 Å². The second-order valence-corrected chi connectivity index (χ2v) is 15.3. The molecule has 1 amide bonds. The van der Waals surface area contributed by atoms with Crippen molar-refractivity contribution in [2.24, 2.45) is 24.8 Å². The molecule has 1 aliphatic heterocycles. The van der Waals surface area contributed by atoms with Gasteiger partial charge in [-0.25, -0.2) is 13.4 Å². The first kappa shape index (κ1) is 29.1. The molecular formula is C36H39N5O4S. The number of likely N-dealkylation sites (tertiary alicyclic amines) is 1. The zero-order chi connectivity index (χ0) is 31.9. The monoisotopic (exact) mass is 637 g/mol. The number of aromatic nitrogens is 3. The lowest BCUT2D eigenvalue weighted by molar-refractivity contribution is 0.0696. The highest BCUT2D eigenvalue weighted by Crippen LogP contribution is 2.44. The van der Waals surface area contributed by atoms with E-state index >= 15 is 0 Å². The van der Waals surface area contributed by atoms with Crippen molar-refractivity contribution in [3.8, 4) is 28.4 Å². The van der Waals surface area contributed by atoms with E-state index < -0.39 is 10.0 Å². The number of anilines is 1. The maximum atomic E-state index is 13.8. The molecule has 3 aromatic carbocycles. The highest BCUT2D eigenvalue weighted by Gasteiger charge is 2.46. The lowest BCUT2D eigenvalue weighted by Crippen LogP contribution is -2.38. The number of aryl methyl sites for hydroxylation is 1. The Morgan fingerprint density at radius 3 is 2.41 bits per heavy atom. The minimum atomic E-state index is -3.34. The van der Waals surface area contributed by atoms with Crippen LogP contribution in [-0.2, 0) is 23.6 Å². The summed E-state index contributed by atoms with van der Waals surface area (Å²) in [5.74, 6) is 3.35. The molecule has 46 heavy (non-hydrogen) atoms. The first-order valence-electron chi connectivity index (χ1n) is 16.2. The average molecular weight is 638 g/mol. The van der Waals surface area contributed by atoms with E-state index in [-0.39, 0.29) is 5.91 Å². The third kappa shape index (κ3) is 4.94. The van der Waals surface area contributed by atoms with Gasteiger partial charge in [0.1, 0.15) is 11.3 Å². The van der Waals surface area contributed by atoms with Crippen LogP contribution in [0.4, 0.5) is 5.69 Å². The quantitative estimate of drug-likeness (QED) is 0.209. The first-order valence-corrected chi connectivity index (χ1v) is 18.0. The van der Waals surface area contributed by atoms with Crippen molar-refractivity contribution in [1.29, 1.82) is 0 Å². The van der Waals surface area contributed by atoms with Crippen LogP contribution >= 0.6 is 0 Å². The van der Waals surface area contributed by atoms with Gasteiger partial charge in [-0.3, -0.25) is 9.52 Å². The molecule has 3 fully saturated rings. The summed E-state index contributed by atoms with van der Waals surface area (Å²) in [6, 6.07) is 20.3. The molecule has 8 rings (SSSR count). The van der Waals surface area contributed by atoms with Gasteiger partial charge in [0.25, 0.3) is 5.91 Å². The SMILES string of the molecule is COc1cc(C(=O)N2CC3CCC2[C@@H]3C)cc2nc(-c3cc4ccc(-c5ccc(NS(C)(=O)=O)cc5)cc4n3CC3CC3)n(C)c12. The number of hydrogen-bond acceptors (Lipinski definition) is 5. The lowest BCUT2D eigenvalue weighted by Gasteiger charge is -2.27. The van der Waals surface area contributed by atoms with Crippen molar-refractivity contribution in [3.63, 3.8) is 0 Å². The summed E-state index contributed by atoms with van der Waals surface area (Å²) in [6.07, 6.45) is 5.88. The lowest BCUT2D eigenvalue weighted by atomic mass is 10.0. The Hall–Kier alpha value is -4.31. The molecule has 3 atom stereocenters. The van der Waals surface area contributed by atoms with Crippen molar-refractivity contribution >= 4 is 43.6 Å². The Labute approximate surface area is 269 Å². The van der Waals surface area contributed by atoms with E-state index in [9.17, 15) is 13.2 Å².